The molecule has 0 heterocycles. The molecule has 2 aliphatic rings. The van der Waals surface area contributed by atoms with Gasteiger partial charge < -0.3 is 0 Å². The molecule has 1 aromatic carbocycles. The molecule has 2 fully saturated rings. The Morgan fingerprint density at radius 3 is 2.54 bits per heavy atom. The van der Waals surface area contributed by atoms with Gasteiger partial charge in [0.25, 0.3) is 0 Å². The molecule has 0 unspecified atom stereocenters. The topological polar surface area (TPSA) is 29.1 Å². The Hall–Kier alpha value is -0.701. The van der Waals surface area contributed by atoms with Crippen molar-refractivity contribution >= 4 is 37.9 Å². The van der Waals surface area contributed by atoms with Crippen LogP contribution in [0, 0.1) is 16.7 Å². The van der Waals surface area contributed by atoms with Gasteiger partial charge in [0.15, 0.2) is 0 Å². The van der Waals surface area contributed by atoms with Crippen molar-refractivity contribution in [2.75, 3.05) is 0 Å². The third kappa shape index (κ3) is 2.87. The predicted octanol–water partition coefficient (Wildman–Crippen LogP) is 4.60. The van der Waals surface area contributed by atoms with Crippen LogP contribution >= 0.6 is 12.2 Å². The molecule has 3 rings (SSSR count). The Labute approximate surface area is 157 Å². The van der Waals surface area contributed by atoms with Gasteiger partial charge in [0.05, 0.1) is 0 Å². The van der Waals surface area contributed by atoms with Gasteiger partial charge in [-0.25, -0.2) is 0 Å². The molecule has 2 nitrogen and oxygen atoms in total. The average Bonchev–Trinajstić information content (AvgIpc) is 2.85. The number of hydrogen-bond donors (Lipinski definition) is 1. The molecule has 24 heavy (non-hydrogen) atoms. The van der Waals surface area contributed by atoms with Crippen molar-refractivity contribution in [3.63, 3.8) is 0 Å². The van der Waals surface area contributed by atoms with E-state index >= 15 is 0 Å². The van der Waals surface area contributed by atoms with Gasteiger partial charge in [-0.15, -0.1) is 0 Å². The predicted molar refractivity (Wildman–Crippen MR) is 105 cm³/mol. The van der Waals surface area contributed by atoms with Crippen molar-refractivity contribution in [3.05, 3.63) is 35.9 Å². The Bertz CT molecular complexity index is 644. The Kier molecular flexibility index (Phi) is 4.94. The third-order valence-corrected chi connectivity index (χ3v) is 9.61. The first kappa shape index (κ1) is 18.1. The molecule has 0 aliphatic heterocycles. The van der Waals surface area contributed by atoms with Gasteiger partial charge in [-0.05, 0) is 0 Å². The van der Waals surface area contributed by atoms with Gasteiger partial charge in [-0.2, -0.15) is 0 Å². The maximum absolute atomic E-state index is 13.0. The summed E-state index contributed by atoms with van der Waals surface area (Å²) in [6, 6.07) is 10.7. The summed E-state index contributed by atoms with van der Waals surface area (Å²) < 4.78 is 0. The van der Waals surface area contributed by atoms with Crippen molar-refractivity contribution in [1.29, 1.82) is 0 Å². The van der Waals surface area contributed by atoms with Crippen LogP contribution in [0.4, 0.5) is 0 Å². The molecule has 1 aromatic rings. The van der Waals surface area contributed by atoms with Crippen LogP contribution < -0.4 is 5.32 Å². The summed E-state index contributed by atoms with van der Waals surface area (Å²) in [7, 11) is 0. The van der Waals surface area contributed by atoms with Crippen molar-refractivity contribution in [3.8, 4) is 0 Å². The number of carbonyl (C=O) groups excluding carboxylic acids is 1. The summed E-state index contributed by atoms with van der Waals surface area (Å²) >= 11 is 5.58. The van der Waals surface area contributed by atoms with Gasteiger partial charge >= 0.3 is 157 Å². The quantitative estimate of drug-likeness (QED) is 0.570. The van der Waals surface area contributed by atoms with Crippen LogP contribution in [-0.2, 0) is 4.79 Å². The van der Waals surface area contributed by atoms with E-state index in [-0.39, 0.29) is 21.7 Å². The van der Waals surface area contributed by atoms with Crippen LogP contribution in [-0.4, -0.2) is 25.7 Å². The second-order valence-corrected chi connectivity index (χ2v) is 11.1. The molecule has 0 amide bonds. The molecular weight excluding hydrogens is 381 g/mol. The molecule has 0 saturated heterocycles. The Balaban J connectivity index is 1.74. The fraction of sp³-hybridized carbons (Fsp3) is 0.600. The summed E-state index contributed by atoms with van der Waals surface area (Å²) in [6.07, 6.45) is 2.30. The van der Waals surface area contributed by atoms with E-state index < -0.39 is 0 Å². The number of thiocarbonyl (C=S) groups is 1. The van der Waals surface area contributed by atoms with Crippen LogP contribution in [0.25, 0.3) is 0 Å². The number of carbonyl (C=O) groups is 1. The van der Waals surface area contributed by atoms with Crippen molar-refractivity contribution in [2.24, 2.45) is 16.7 Å². The first-order chi connectivity index (χ1) is 11.3. The fourth-order valence-corrected chi connectivity index (χ4v) is 8.46. The van der Waals surface area contributed by atoms with E-state index in [1.165, 1.54) is 12.0 Å². The number of nitrogens with one attached hydrogen (secondary N) is 1. The van der Waals surface area contributed by atoms with E-state index in [2.05, 4.69) is 50.4 Å². The SMILES string of the molecule is CC(=S)N[C@H](C[Se][C@@H]1C(=O)[C@]2(C)CC[C@H]1C2(C)C)c1ccccc1. The number of ketones is 1. The van der Waals surface area contributed by atoms with Crippen LogP contribution in [0.1, 0.15) is 52.1 Å². The van der Waals surface area contributed by atoms with E-state index in [4.69, 9.17) is 12.2 Å². The number of hydrogen-bond acceptors (Lipinski definition) is 2. The summed E-state index contributed by atoms with van der Waals surface area (Å²) in [5, 5.41) is 4.46. The van der Waals surface area contributed by atoms with Gasteiger partial charge in [0.1, 0.15) is 0 Å². The monoisotopic (exact) mass is 409 g/mol. The van der Waals surface area contributed by atoms with Crippen molar-refractivity contribution in [2.45, 2.75) is 56.7 Å². The normalized spacial score (nSPS) is 31.9. The van der Waals surface area contributed by atoms with Gasteiger partial charge in [-0.1, -0.05) is 0 Å². The minimum absolute atomic E-state index is 0.0974. The van der Waals surface area contributed by atoms with Crippen LogP contribution in [0.15, 0.2) is 30.3 Å². The molecule has 2 saturated carbocycles. The van der Waals surface area contributed by atoms with Crippen molar-refractivity contribution < 1.29 is 4.79 Å². The molecule has 0 spiro atoms. The molecule has 130 valence electrons. The van der Waals surface area contributed by atoms with Crippen molar-refractivity contribution in [1.82, 2.24) is 5.32 Å². The Morgan fingerprint density at radius 1 is 1.33 bits per heavy atom. The van der Waals surface area contributed by atoms with E-state index in [9.17, 15) is 4.79 Å². The summed E-state index contributed by atoms with van der Waals surface area (Å²) in [6.45, 7) is 8.77. The number of rotatable bonds is 5. The third-order valence-electron chi connectivity index (χ3n) is 6.49. The summed E-state index contributed by atoms with van der Waals surface area (Å²) in [5.41, 5.74) is 1.33. The molecule has 1 N–H and O–H groups in total. The molecule has 2 aliphatic carbocycles. The maximum atomic E-state index is 13.0. The first-order valence-electron chi connectivity index (χ1n) is 8.75. The standard InChI is InChI=1S/C20H27NOSSe/c1-13(23)21-16(14-8-6-5-7-9-14)12-24-17-15-10-11-20(4,18(17)22)19(15,2)3/h5-9,15-17H,10-12H2,1-4H3,(H,21,23)/t15-,16-,17+,20+/m1/s1. The second-order valence-electron chi connectivity index (χ2n) is 7.98. The van der Waals surface area contributed by atoms with E-state index in [1.807, 2.05) is 13.0 Å². The average molecular weight is 408 g/mol. The van der Waals surface area contributed by atoms with Gasteiger partial charge in [0.2, 0.25) is 0 Å². The zero-order chi connectivity index (χ0) is 17.5. The molecular formula is C20H27NOSSe. The number of fused-ring (bicyclic) bond motifs is 2. The van der Waals surface area contributed by atoms with Crippen LogP contribution in [0.2, 0.25) is 10.1 Å². The molecule has 4 heteroatoms. The van der Waals surface area contributed by atoms with Crippen LogP contribution in [0.5, 0.6) is 0 Å². The van der Waals surface area contributed by atoms with E-state index in [1.54, 1.807) is 0 Å². The molecule has 2 bridgehead atoms. The first-order valence-corrected chi connectivity index (χ1v) is 11.4. The van der Waals surface area contributed by atoms with Crippen LogP contribution in [0.3, 0.4) is 0 Å². The summed E-state index contributed by atoms with van der Waals surface area (Å²) in [4.78, 5) is 14.2. The van der Waals surface area contributed by atoms with E-state index in [0.717, 1.165) is 16.7 Å². The molecule has 0 radical (unpaired) electrons. The van der Waals surface area contributed by atoms with Gasteiger partial charge in [-0.3, -0.25) is 0 Å². The Morgan fingerprint density at radius 2 is 2.00 bits per heavy atom. The molecule has 0 aromatic heterocycles. The summed E-state index contributed by atoms with van der Waals surface area (Å²) in [5.74, 6) is 1.11. The second kappa shape index (κ2) is 6.55. The fourth-order valence-electron chi connectivity index (χ4n) is 4.55. The number of Topliss-reactive ketones (excluding diaryl/α,β-unsaturated/α-hetero) is 1. The van der Waals surface area contributed by atoms with E-state index in [0.29, 0.717) is 26.7 Å². The van der Waals surface area contributed by atoms with Gasteiger partial charge in [0, 0.05) is 0 Å². The number of benzene rings is 1. The minimum atomic E-state index is -0.0974. The zero-order valence-corrected chi connectivity index (χ0v) is 17.5. The zero-order valence-electron chi connectivity index (χ0n) is 15.0. The molecule has 4 atom stereocenters.